The fourth-order valence-electron chi connectivity index (χ4n) is 3.12. The number of halogens is 2. The summed E-state index contributed by atoms with van der Waals surface area (Å²) in [6.45, 7) is 0.280. The maximum absolute atomic E-state index is 13.0. The Labute approximate surface area is 163 Å². The van der Waals surface area contributed by atoms with Crippen LogP contribution in [-0.4, -0.2) is 39.5 Å². The molecule has 5 nitrogen and oxygen atoms in total. The zero-order chi connectivity index (χ0) is 19.7. The molecule has 146 valence electrons. The minimum atomic E-state index is -3.61. The van der Waals surface area contributed by atoms with Crippen LogP contribution in [0.4, 0.5) is 4.39 Å². The molecule has 0 atom stereocenters. The molecule has 3 rings (SSSR count). The quantitative estimate of drug-likeness (QED) is 0.681. The van der Waals surface area contributed by atoms with Gasteiger partial charge in [0, 0.05) is 18.1 Å². The van der Waals surface area contributed by atoms with Gasteiger partial charge in [0.25, 0.3) is 0 Å². The fraction of sp³-hybridized carbons (Fsp3) is 0.333. The Morgan fingerprint density at radius 1 is 0.926 bits per heavy atom. The SMILES string of the molecule is O=S(=O)(c1ccc(F)cc1)C1CCN(S(=O)(=O)Cc2ccc(Cl)cc2)CC1. The van der Waals surface area contributed by atoms with Crippen LogP contribution in [0, 0.1) is 5.82 Å². The van der Waals surface area contributed by atoms with Crippen molar-refractivity contribution in [3.63, 3.8) is 0 Å². The zero-order valence-electron chi connectivity index (χ0n) is 14.4. The van der Waals surface area contributed by atoms with Gasteiger partial charge in [0.15, 0.2) is 9.84 Å². The molecule has 0 amide bonds. The third-order valence-electron chi connectivity index (χ3n) is 4.64. The van der Waals surface area contributed by atoms with E-state index in [0.717, 1.165) is 12.1 Å². The van der Waals surface area contributed by atoms with Gasteiger partial charge in [-0.2, -0.15) is 0 Å². The number of piperidine rings is 1. The maximum Gasteiger partial charge on any atom is 0.218 e. The zero-order valence-corrected chi connectivity index (χ0v) is 16.8. The molecule has 0 radical (unpaired) electrons. The lowest BCUT2D eigenvalue weighted by atomic mass is 10.2. The number of hydrogen-bond donors (Lipinski definition) is 0. The van der Waals surface area contributed by atoms with E-state index in [0.29, 0.717) is 10.6 Å². The van der Waals surface area contributed by atoms with E-state index in [9.17, 15) is 21.2 Å². The van der Waals surface area contributed by atoms with Gasteiger partial charge < -0.3 is 0 Å². The average molecular weight is 432 g/mol. The second kappa shape index (κ2) is 7.87. The molecular formula is C18H19ClFNO4S2. The summed E-state index contributed by atoms with van der Waals surface area (Å²) < 4.78 is 64.9. The van der Waals surface area contributed by atoms with E-state index in [1.807, 2.05) is 0 Å². The van der Waals surface area contributed by atoms with Gasteiger partial charge in [-0.3, -0.25) is 0 Å². The molecule has 9 heteroatoms. The number of rotatable bonds is 5. The molecule has 0 aliphatic carbocycles. The van der Waals surface area contributed by atoms with Crippen molar-refractivity contribution in [2.45, 2.75) is 28.7 Å². The molecule has 1 saturated heterocycles. The van der Waals surface area contributed by atoms with Crippen LogP contribution in [0.5, 0.6) is 0 Å². The van der Waals surface area contributed by atoms with E-state index < -0.39 is 30.9 Å². The molecule has 1 aliphatic heterocycles. The van der Waals surface area contributed by atoms with Crippen LogP contribution in [0.3, 0.4) is 0 Å². The molecule has 0 aromatic heterocycles. The molecule has 0 N–H and O–H groups in total. The highest BCUT2D eigenvalue weighted by atomic mass is 35.5. The van der Waals surface area contributed by atoms with Crippen molar-refractivity contribution >= 4 is 31.5 Å². The van der Waals surface area contributed by atoms with Crippen LogP contribution in [0.2, 0.25) is 5.02 Å². The summed E-state index contributed by atoms with van der Waals surface area (Å²) in [4.78, 5) is 0.0615. The Bertz CT molecular complexity index is 998. The predicted octanol–water partition coefficient (Wildman–Crippen LogP) is 3.25. The number of hydrogen-bond acceptors (Lipinski definition) is 4. The highest BCUT2D eigenvalue weighted by Gasteiger charge is 2.35. The first-order chi connectivity index (χ1) is 12.7. The van der Waals surface area contributed by atoms with Gasteiger partial charge >= 0.3 is 0 Å². The van der Waals surface area contributed by atoms with Crippen molar-refractivity contribution in [3.05, 3.63) is 64.9 Å². The Morgan fingerprint density at radius 3 is 2.04 bits per heavy atom. The summed E-state index contributed by atoms with van der Waals surface area (Å²) >= 11 is 5.81. The third kappa shape index (κ3) is 4.68. The largest absolute Gasteiger partial charge is 0.223 e. The molecule has 1 fully saturated rings. The van der Waals surface area contributed by atoms with E-state index in [-0.39, 0.29) is 36.6 Å². The molecule has 1 heterocycles. The van der Waals surface area contributed by atoms with E-state index >= 15 is 0 Å². The molecule has 1 aliphatic rings. The molecule has 0 unspecified atom stereocenters. The lowest BCUT2D eigenvalue weighted by Crippen LogP contribution is -2.42. The summed E-state index contributed by atoms with van der Waals surface area (Å²) in [6.07, 6.45) is 0.416. The van der Waals surface area contributed by atoms with Crippen LogP contribution in [-0.2, 0) is 25.6 Å². The van der Waals surface area contributed by atoms with E-state index in [2.05, 4.69) is 0 Å². The average Bonchev–Trinajstić information content (AvgIpc) is 2.64. The Balaban J connectivity index is 1.67. The summed E-state index contributed by atoms with van der Waals surface area (Å²) in [7, 11) is -7.16. The second-order valence-electron chi connectivity index (χ2n) is 6.48. The van der Waals surface area contributed by atoms with Gasteiger partial charge in [0.1, 0.15) is 5.82 Å². The lowest BCUT2D eigenvalue weighted by Gasteiger charge is -2.31. The van der Waals surface area contributed by atoms with Crippen molar-refractivity contribution < 1.29 is 21.2 Å². The van der Waals surface area contributed by atoms with Crippen molar-refractivity contribution in [2.75, 3.05) is 13.1 Å². The van der Waals surface area contributed by atoms with Crippen LogP contribution in [0.25, 0.3) is 0 Å². The first-order valence-corrected chi connectivity index (χ1v) is 11.9. The number of sulfone groups is 1. The standard InChI is InChI=1S/C18H19ClFNO4S2/c19-15-3-1-14(2-4-15)13-26(22,23)21-11-9-18(10-12-21)27(24,25)17-7-5-16(20)6-8-17/h1-8,18H,9-13H2. The lowest BCUT2D eigenvalue weighted by molar-refractivity contribution is 0.345. The number of nitrogens with zero attached hydrogens (tertiary/aromatic N) is 1. The van der Waals surface area contributed by atoms with Crippen molar-refractivity contribution in [1.82, 2.24) is 4.31 Å². The predicted molar refractivity (Wildman–Crippen MR) is 102 cm³/mol. The minimum Gasteiger partial charge on any atom is -0.223 e. The topological polar surface area (TPSA) is 71.5 Å². The summed E-state index contributed by atoms with van der Waals surface area (Å²) in [5.74, 6) is -0.656. The number of sulfonamides is 1. The second-order valence-corrected chi connectivity index (χ2v) is 11.1. The fourth-order valence-corrected chi connectivity index (χ4v) is 6.54. The monoisotopic (exact) mass is 431 g/mol. The Morgan fingerprint density at radius 2 is 1.48 bits per heavy atom. The van der Waals surface area contributed by atoms with Crippen LogP contribution >= 0.6 is 11.6 Å². The van der Waals surface area contributed by atoms with Gasteiger partial charge in [-0.05, 0) is 54.8 Å². The summed E-state index contributed by atoms with van der Waals surface area (Å²) in [5, 5.41) is -0.145. The van der Waals surface area contributed by atoms with Gasteiger partial charge in [-0.1, -0.05) is 23.7 Å². The Kier molecular flexibility index (Phi) is 5.90. The first kappa shape index (κ1) is 20.3. The van der Waals surface area contributed by atoms with E-state index in [1.165, 1.54) is 16.4 Å². The highest BCUT2D eigenvalue weighted by Crippen LogP contribution is 2.27. The van der Waals surface area contributed by atoms with E-state index in [1.54, 1.807) is 24.3 Å². The van der Waals surface area contributed by atoms with Crippen molar-refractivity contribution in [3.8, 4) is 0 Å². The maximum atomic E-state index is 13.0. The van der Waals surface area contributed by atoms with Gasteiger partial charge in [0.05, 0.1) is 15.9 Å². The Hall–Kier alpha value is -1.48. The van der Waals surface area contributed by atoms with Crippen molar-refractivity contribution in [1.29, 1.82) is 0 Å². The molecule has 0 spiro atoms. The first-order valence-electron chi connectivity index (χ1n) is 8.40. The molecule has 2 aromatic rings. The highest BCUT2D eigenvalue weighted by molar-refractivity contribution is 7.92. The summed E-state index contributed by atoms with van der Waals surface area (Å²) in [6, 6.07) is 11.3. The van der Waals surface area contributed by atoms with Gasteiger partial charge in [-0.25, -0.2) is 25.5 Å². The van der Waals surface area contributed by atoms with Crippen LogP contribution in [0.15, 0.2) is 53.4 Å². The third-order valence-corrected chi connectivity index (χ3v) is 9.02. The summed E-state index contributed by atoms with van der Waals surface area (Å²) in [5.41, 5.74) is 0.625. The minimum absolute atomic E-state index is 0.0615. The smallest absolute Gasteiger partial charge is 0.218 e. The molecule has 0 saturated carbocycles. The molecule has 0 bridgehead atoms. The normalized spacial score (nSPS) is 17.1. The van der Waals surface area contributed by atoms with Crippen LogP contribution < -0.4 is 0 Å². The van der Waals surface area contributed by atoms with Gasteiger partial charge in [0.2, 0.25) is 10.0 Å². The van der Waals surface area contributed by atoms with E-state index in [4.69, 9.17) is 11.6 Å². The van der Waals surface area contributed by atoms with Crippen molar-refractivity contribution in [2.24, 2.45) is 0 Å². The molecule has 2 aromatic carbocycles. The number of benzene rings is 2. The molecule has 27 heavy (non-hydrogen) atoms. The van der Waals surface area contributed by atoms with Crippen LogP contribution in [0.1, 0.15) is 18.4 Å². The van der Waals surface area contributed by atoms with Gasteiger partial charge in [-0.15, -0.1) is 0 Å². The molecular weight excluding hydrogens is 413 g/mol.